The van der Waals surface area contributed by atoms with E-state index in [1.165, 1.54) is 6.26 Å². The highest BCUT2D eigenvalue weighted by Crippen LogP contribution is 2.29. The Morgan fingerprint density at radius 2 is 1.89 bits per heavy atom. The molecule has 12 nitrogen and oxygen atoms in total. The number of carboxylic acids is 1. The molecular formula is C22H23N7O5S2. The molecule has 188 valence electrons. The standard InChI is InChI=1S/C22H23N7O5S2/c1-13-17(20(30)31)35-22(24-13)27-21-25-18(28-7-9-34-10-8-28)16-19(26-21)29(12-23-16)11-14-3-5-15(6-4-14)36(2,32)33/h3-6,12H,7-11H2,1-2H3,(H,30,31)(H,24,25,26,27). The van der Waals surface area contributed by atoms with Crippen molar-refractivity contribution in [2.45, 2.75) is 18.4 Å². The van der Waals surface area contributed by atoms with Gasteiger partial charge in [-0.3, -0.25) is 5.32 Å². The molecule has 3 aromatic heterocycles. The van der Waals surface area contributed by atoms with Crippen molar-refractivity contribution in [3.05, 3.63) is 46.7 Å². The minimum atomic E-state index is -3.28. The first kappa shape index (κ1) is 24.1. The number of thiazole rings is 1. The number of carboxylic acid groups (broad SMARTS) is 1. The van der Waals surface area contributed by atoms with Gasteiger partial charge in [-0.1, -0.05) is 23.5 Å². The number of hydrogen-bond acceptors (Lipinski definition) is 11. The van der Waals surface area contributed by atoms with Gasteiger partial charge in [0.05, 0.1) is 36.7 Å². The minimum Gasteiger partial charge on any atom is -0.477 e. The lowest BCUT2D eigenvalue weighted by Crippen LogP contribution is -2.37. The number of ether oxygens (including phenoxy) is 1. The van der Waals surface area contributed by atoms with Crippen molar-refractivity contribution in [3.8, 4) is 0 Å². The van der Waals surface area contributed by atoms with Gasteiger partial charge in [0, 0.05) is 19.3 Å². The summed E-state index contributed by atoms with van der Waals surface area (Å²) in [7, 11) is -3.28. The highest BCUT2D eigenvalue weighted by atomic mass is 32.2. The van der Waals surface area contributed by atoms with Crippen molar-refractivity contribution in [3.63, 3.8) is 0 Å². The lowest BCUT2D eigenvalue weighted by atomic mass is 10.2. The third-order valence-corrected chi connectivity index (χ3v) is 7.86. The fourth-order valence-electron chi connectivity index (χ4n) is 3.88. The van der Waals surface area contributed by atoms with Gasteiger partial charge in [0.2, 0.25) is 5.95 Å². The van der Waals surface area contributed by atoms with Crippen LogP contribution in [0.15, 0.2) is 35.5 Å². The third-order valence-electron chi connectivity index (χ3n) is 5.67. The smallest absolute Gasteiger partial charge is 0.347 e. The van der Waals surface area contributed by atoms with Crippen LogP contribution in [0.3, 0.4) is 0 Å². The fraction of sp³-hybridized carbons (Fsp3) is 0.318. The molecule has 36 heavy (non-hydrogen) atoms. The Balaban J connectivity index is 1.53. The Labute approximate surface area is 210 Å². The predicted octanol–water partition coefficient (Wildman–Crippen LogP) is 2.32. The lowest BCUT2D eigenvalue weighted by molar-refractivity contribution is 0.0701. The summed E-state index contributed by atoms with van der Waals surface area (Å²) in [4.78, 5) is 32.1. The SMILES string of the molecule is Cc1nc(Nc2nc(N3CCOCC3)c3ncn(Cc4ccc(S(C)(=O)=O)cc4)c3n2)sc1C(=O)O. The minimum absolute atomic E-state index is 0.148. The van der Waals surface area contributed by atoms with Crippen LogP contribution in [-0.2, 0) is 21.1 Å². The van der Waals surface area contributed by atoms with Crippen molar-refractivity contribution in [1.82, 2.24) is 24.5 Å². The van der Waals surface area contributed by atoms with Gasteiger partial charge in [-0.05, 0) is 24.6 Å². The molecule has 0 bridgehead atoms. The van der Waals surface area contributed by atoms with Crippen LogP contribution in [0.2, 0.25) is 0 Å². The summed E-state index contributed by atoms with van der Waals surface area (Å²) < 4.78 is 30.9. The van der Waals surface area contributed by atoms with Crippen molar-refractivity contribution < 1.29 is 23.1 Å². The Morgan fingerprint density at radius 3 is 2.53 bits per heavy atom. The predicted molar refractivity (Wildman–Crippen MR) is 134 cm³/mol. The zero-order chi connectivity index (χ0) is 25.4. The molecule has 4 aromatic rings. The number of morpholine rings is 1. The zero-order valence-corrected chi connectivity index (χ0v) is 21.1. The number of imidazole rings is 1. The molecule has 0 amide bonds. The maximum absolute atomic E-state index is 11.8. The largest absolute Gasteiger partial charge is 0.477 e. The van der Waals surface area contributed by atoms with E-state index in [2.05, 4.69) is 30.2 Å². The average molecular weight is 530 g/mol. The number of nitrogens with zero attached hydrogens (tertiary/aromatic N) is 6. The monoisotopic (exact) mass is 529 g/mol. The molecule has 1 saturated heterocycles. The number of hydrogen-bond donors (Lipinski definition) is 2. The molecule has 5 rings (SSSR count). The van der Waals surface area contributed by atoms with Crippen molar-refractivity contribution in [2.24, 2.45) is 0 Å². The van der Waals surface area contributed by atoms with Crippen molar-refractivity contribution in [2.75, 3.05) is 42.8 Å². The second-order valence-electron chi connectivity index (χ2n) is 8.29. The van der Waals surface area contributed by atoms with Crippen LogP contribution < -0.4 is 10.2 Å². The Morgan fingerprint density at radius 1 is 1.17 bits per heavy atom. The van der Waals surface area contributed by atoms with Gasteiger partial charge in [0.1, 0.15) is 4.88 Å². The first-order valence-electron chi connectivity index (χ1n) is 11.0. The number of sulfone groups is 1. The maximum atomic E-state index is 11.8. The summed E-state index contributed by atoms with van der Waals surface area (Å²) in [6.45, 7) is 4.47. The van der Waals surface area contributed by atoms with E-state index < -0.39 is 15.8 Å². The summed E-state index contributed by atoms with van der Waals surface area (Å²) in [5.74, 6) is -0.129. The average Bonchev–Trinajstić information content (AvgIpc) is 3.42. The zero-order valence-electron chi connectivity index (χ0n) is 19.5. The van der Waals surface area contributed by atoms with E-state index >= 15 is 0 Å². The van der Waals surface area contributed by atoms with Crippen LogP contribution in [0.5, 0.6) is 0 Å². The number of aryl methyl sites for hydroxylation is 1. The summed E-state index contributed by atoms with van der Waals surface area (Å²) in [6.07, 6.45) is 2.85. The van der Waals surface area contributed by atoms with Gasteiger partial charge in [-0.15, -0.1) is 0 Å². The van der Waals surface area contributed by atoms with Gasteiger partial charge < -0.3 is 19.3 Å². The molecule has 1 fully saturated rings. The number of aromatic nitrogens is 5. The molecule has 0 unspecified atom stereocenters. The summed E-state index contributed by atoms with van der Waals surface area (Å²) in [5, 5.41) is 12.8. The first-order chi connectivity index (χ1) is 17.2. The van der Waals surface area contributed by atoms with Crippen LogP contribution in [0.4, 0.5) is 16.9 Å². The number of aromatic carboxylic acids is 1. The number of carbonyl (C=O) groups is 1. The van der Waals surface area contributed by atoms with Crippen LogP contribution in [0.1, 0.15) is 20.9 Å². The van der Waals surface area contributed by atoms with E-state index in [9.17, 15) is 18.3 Å². The molecule has 2 N–H and O–H groups in total. The van der Waals surface area contributed by atoms with E-state index in [4.69, 9.17) is 4.74 Å². The summed E-state index contributed by atoms with van der Waals surface area (Å²) in [6, 6.07) is 6.68. The number of fused-ring (bicyclic) bond motifs is 1. The topological polar surface area (TPSA) is 152 Å². The summed E-state index contributed by atoms with van der Waals surface area (Å²) in [5.41, 5.74) is 2.49. The molecule has 1 aliphatic rings. The third kappa shape index (κ3) is 4.87. The molecule has 0 spiro atoms. The number of benzene rings is 1. The van der Waals surface area contributed by atoms with Crippen molar-refractivity contribution in [1.29, 1.82) is 0 Å². The molecule has 0 aliphatic carbocycles. The quantitative estimate of drug-likeness (QED) is 0.363. The van der Waals surface area contributed by atoms with Gasteiger partial charge in [0.15, 0.2) is 32.0 Å². The lowest BCUT2D eigenvalue weighted by Gasteiger charge is -2.28. The number of anilines is 3. The molecule has 0 saturated carbocycles. The van der Waals surface area contributed by atoms with Gasteiger partial charge in [-0.2, -0.15) is 9.97 Å². The Kier molecular flexibility index (Phi) is 6.32. The van der Waals surface area contributed by atoms with Gasteiger partial charge >= 0.3 is 5.97 Å². The maximum Gasteiger partial charge on any atom is 0.347 e. The molecule has 1 aliphatic heterocycles. The number of nitrogens with one attached hydrogen (secondary N) is 1. The normalized spacial score (nSPS) is 14.3. The first-order valence-corrected chi connectivity index (χ1v) is 13.7. The highest BCUT2D eigenvalue weighted by molar-refractivity contribution is 7.90. The second-order valence-corrected chi connectivity index (χ2v) is 11.3. The van der Waals surface area contributed by atoms with E-state index in [0.717, 1.165) is 16.9 Å². The van der Waals surface area contributed by atoms with E-state index in [-0.39, 0.29) is 15.7 Å². The van der Waals surface area contributed by atoms with E-state index in [1.807, 2.05) is 4.57 Å². The van der Waals surface area contributed by atoms with E-state index in [1.54, 1.807) is 37.5 Å². The molecule has 0 radical (unpaired) electrons. The van der Waals surface area contributed by atoms with Crippen molar-refractivity contribution >= 4 is 55.2 Å². The van der Waals surface area contributed by atoms with Crippen LogP contribution in [-0.4, -0.2) is 76.6 Å². The van der Waals surface area contributed by atoms with E-state index in [0.29, 0.717) is 60.7 Å². The Bertz CT molecular complexity index is 1540. The van der Waals surface area contributed by atoms with Crippen LogP contribution in [0.25, 0.3) is 11.2 Å². The molecule has 14 heteroatoms. The fourth-order valence-corrected chi connectivity index (χ4v) is 5.31. The molecule has 0 atom stereocenters. The molecule has 1 aromatic carbocycles. The van der Waals surface area contributed by atoms with Gasteiger partial charge in [-0.25, -0.2) is 23.2 Å². The molecular weight excluding hydrogens is 506 g/mol. The second kappa shape index (κ2) is 9.44. The number of rotatable bonds is 7. The Hall–Kier alpha value is -3.62. The highest BCUT2D eigenvalue weighted by Gasteiger charge is 2.22. The van der Waals surface area contributed by atoms with Gasteiger partial charge in [0.25, 0.3) is 0 Å². The van der Waals surface area contributed by atoms with Crippen LogP contribution >= 0.6 is 11.3 Å². The summed E-state index contributed by atoms with van der Waals surface area (Å²) >= 11 is 1.01. The molecule has 4 heterocycles. The van der Waals surface area contributed by atoms with Crippen LogP contribution in [0, 0.1) is 6.92 Å².